The number of fused-ring (bicyclic) bond motifs is 1. The van der Waals surface area contributed by atoms with Crippen LogP contribution in [0.2, 0.25) is 0 Å². The predicted octanol–water partition coefficient (Wildman–Crippen LogP) is 1.97. The Morgan fingerprint density at radius 3 is 3.04 bits per heavy atom. The minimum absolute atomic E-state index is 0.202. The normalized spacial score (nSPS) is 15.3. The van der Waals surface area contributed by atoms with Crippen molar-refractivity contribution in [2.24, 2.45) is 0 Å². The fraction of sp³-hybridized carbons (Fsp3) is 0.375. The maximum Gasteiger partial charge on any atom is 0.256 e. The Kier molecular flexibility index (Phi) is 4.49. The zero-order valence-electron chi connectivity index (χ0n) is 12.7. The SMILES string of the molecule is CC(NCc1nc2c(c(=O)[nH]1)COCC2)c1ccc(F)cc1F. The summed E-state index contributed by atoms with van der Waals surface area (Å²) in [5.74, 6) is -0.722. The van der Waals surface area contributed by atoms with Gasteiger partial charge in [0.15, 0.2) is 0 Å². The van der Waals surface area contributed by atoms with E-state index in [1.807, 2.05) is 0 Å². The predicted molar refractivity (Wildman–Crippen MR) is 79.8 cm³/mol. The monoisotopic (exact) mass is 321 g/mol. The fourth-order valence-corrected chi connectivity index (χ4v) is 2.59. The van der Waals surface area contributed by atoms with Crippen molar-refractivity contribution in [3.05, 3.63) is 62.8 Å². The second-order valence-corrected chi connectivity index (χ2v) is 5.51. The van der Waals surface area contributed by atoms with Crippen molar-refractivity contribution < 1.29 is 13.5 Å². The van der Waals surface area contributed by atoms with Crippen LogP contribution in [0.25, 0.3) is 0 Å². The first-order valence-corrected chi connectivity index (χ1v) is 7.41. The van der Waals surface area contributed by atoms with E-state index in [0.717, 1.165) is 11.8 Å². The number of H-pyrrole nitrogens is 1. The summed E-state index contributed by atoms with van der Waals surface area (Å²) in [6, 6.07) is 3.13. The Hall–Kier alpha value is -2.12. The van der Waals surface area contributed by atoms with Gasteiger partial charge in [-0.05, 0) is 13.0 Å². The Labute approximate surface area is 131 Å². The summed E-state index contributed by atoms with van der Waals surface area (Å²) < 4.78 is 31.9. The summed E-state index contributed by atoms with van der Waals surface area (Å²) in [5.41, 5.74) is 1.47. The number of halogens is 2. The van der Waals surface area contributed by atoms with Gasteiger partial charge in [-0.1, -0.05) is 6.07 Å². The van der Waals surface area contributed by atoms with Crippen LogP contribution in [0.5, 0.6) is 0 Å². The molecule has 0 aliphatic carbocycles. The van der Waals surface area contributed by atoms with Crippen LogP contribution in [0.1, 0.15) is 35.6 Å². The lowest BCUT2D eigenvalue weighted by atomic mass is 10.1. The third-order valence-electron chi connectivity index (χ3n) is 3.88. The second kappa shape index (κ2) is 6.55. The summed E-state index contributed by atoms with van der Waals surface area (Å²) in [6.07, 6.45) is 0.606. The molecule has 1 aromatic heterocycles. The molecule has 5 nitrogen and oxygen atoms in total. The van der Waals surface area contributed by atoms with E-state index in [1.54, 1.807) is 6.92 Å². The van der Waals surface area contributed by atoms with Gasteiger partial charge in [0.1, 0.15) is 17.5 Å². The lowest BCUT2D eigenvalue weighted by Crippen LogP contribution is -2.28. The van der Waals surface area contributed by atoms with E-state index in [0.29, 0.717) is 30.0 Å². The number of benzene rings is 1. The molecule has 1 atom stereocenters. The quantitative estimate of drug-likeness (QED) is 0.903. The number of nitrogens with one attached hydrogen (secondary N) is 2. The summed E-state index contributed by atoms with van der Waals surface area (Å²) in [4.78, 5) is 19.1. The lowest BCUT2D eigenvalue weighted by Gasteiger charge is -2.17. The first kappa shape index (κ1) is 15.8. The molecular formula is C16H17F2N3O2. The van der Waals surface area contributed by atoms with Crippen molar-refractivity contribution in [2.45, 2.75) is 32.5 Å². The van der Waals surface area contributed by atoms with Gasteiger partial charge in [-0.3, -0.25) is 4.79 Å². The van der Waals surface area contributed by atoms with E-state index in [4.69, 9.17) is 4.74 Å². The van der Waals surface area contributed by atoms with E-state index in [1.165, 1.54) is 12.1 Å². The number of rotatable bonds is 4. The van der Waals surface area contributed by atoms with Crippen molar-refractivity contribution in [2.75, 3.05) is 6.61 Å². The van der Waals surface area contributed by atoms with Crippen molar-refractivity contribution >= 4 is 0 Å². The van der Waals surface area contributed by atoms with Gasteiger partial charge in [-0.15, -0.1) is 0 Å². The van der Waals surface area contributed by atoms with Gasteiger partial charge in [0.05, 0.1) is 31.0 Å². The number of aromatic amines is 1. The number of nitrogens with zero attached hydrogens (tertiary/aromatic N) is 1. The number of ether oxygens (including phenoxy) is 1. The van der Waals surface area contributed by atoms with Crippen LogP contribution in [0, 0.1) is 11.6 Å². The van der Waals surface area contributed by atoms with Gasteiger partial charge < -0.3 is 15.0 Å². The van der Waals surface area contributed by atoms with Crippen LogP contribution < -0.4 is 10.9 Å². The Morgan fingerprint density at radius 2 is 2.26 bits per heavy atom. The van der Waals surface area contributed by atoms with Crippen LogP contribution in [0.4, 0.5) is 8.78 Å². The van der Waals surface area contributed by atoms with Crippen LogP contribution in [0.3, 0.4) is 0 Å². The van der Waals surface area contributed by atoms with Gasteiger partial charge in [0.25, 0.3) is 5.56 Å². The molecule has 1 aromatic carbocycles. The summed E-state index contributed by atoms with van der Waals surface area (Å²) >= 11 is 0. The molecule has 0 fully saturated rings. The Morgan fingerprint density at radius 1 is 1.43 bits per heavy atom. The van der Waals surface area contributed by atoms with Gasteiger partial charge >= 0.3 is 0 Å². The molecule has 7 heteroatoms. The summed E-state index contributed by atoms with van der Waals surface area (Å²) in [6.45, 7) is 2.87. The Bertz CT molecular complexity index is 776. The summed E-state index contributed by atoms with van der Waals surface area (Å²) in [5, 5.41) is 3.08. The van der Waals surface area contributed by atoms with Crippen LogP contribution in [-0.2, 0) is 24.3 Å². The minimum Gasteiger partial charge on any atom is -0.376 e. The maximum atomic E-state index is 13.7. The number of hydrogen-bond acceptors (Lipinski definition) is 4. The van der Waals surface area contributed by atoms with E-state index in [-0.39, 0.29) is 24.8 Å². The molecule has 3 rings (SSSR count). The third kappa shape index (κ3) is 3.46. The fourth-order valence-electron chi connectivity index (χ4n) is 2.59. The van der Waals surface area contributed by atoms with Crippen molar-refractivity contribution in [1.82, 2.24) is 15.3 Å². The highest BCUT2D eigenvalue weighted by molar-refractivity contribution is 5.22. The van der Waals surface area contributed by atoms with Gasteiger partial charge in [-0.25, -0.2) is 13.8 Å². The van der Waals surface area contributed by atoms with E-state index in [9.17, 15) is 13.6 Å². The number of hydrogen-bond donors (Lipinski definition) is 2. The van der Waals surface area contributed by atoms with E-state index >= 15 is 0 Å². The molecule has 2 aromatic rings. The minimum atomic E-state index is -0.610. The van der Waals surface area contributed by atoms with Crippen molar-refractivity contribution in [1.29, 1.82) is 0 Å². The molecule has 122 valence electrons. The molecule has 1 aliphatic rings. The molecule has 1 unspecified atom stereocenters. The lowest BCUT2D eigenvalue weighted by molar-refractivity contribution is 0.107. The maximum absolute atomic E-state index is 13.7. The number of aromatic nitrogens is 2. The van der Waals surface area contributed by atoms with Gasteiger partial charge in [0.2, 0.25) is 0 Å². The standard InChI is InChI=1S/C16H17F2N3O2/c1-9(11-3-2-10(17)6-13(11)18)19-7-15-20-14-4-5-23-8-12(14)16(22)21-15/h2-3,6,9,19H,4-5,7-8H2,1H3,(H,20,21,22). The molecule has 23 heavy (non-hydrogen) atoms. The molecule has 0 amide bonds. The first-order chi connectivity index (χ1) is 11.0. The average molecular weight is 321 g/mol. The zero-order valence-corrected chi connectivity index (χ0v) is 12.7. The summed E-state index contributed by atoms with van der Waals surface area (Å²) in [7, 11) is 0. The second-order valence-electron chi connectivity index (χ2n) is 5.51. The molecule has 1 aliphatic heterocycles. The molecule has 0 saturated heterocycles. The molecule has 0 bridgehead atoms. The van der Waals surface area contributed by atoms with E-state index in [2.05, 4.69) is 15.3 Å². The van der Waals surface area contributed by atoms with Crippen molar-refractivity contribution in [3.63, 3.8) is 0 Å². The smallest absolute Gasteiger partial charge is 0.256 e. The van der Waals surface area contributed by atoms with Crippen LogP contribution in [0.15, 0.2) is 23.0 Å². The molecular weight excluding hydrogens is 304 g/mol. The molecule has 2 heterocycles. The van der Waals surface area contributed by atoms with E-state index < -0.39 is 11.6 Å². The average Bonchev–Trinajstić information content (AvgIpc) is 2.53. The topological polar surface area (TPSA) is 67.0 Å². The third-order valence-corrected chi connectivity index (χ3v) is 3.88. The Balaban J connectivity index is 1.73. The highest BCUT2D eigenvalue weighted by Gasteiger charge is 2.17. The zero-order chi connectivity index (χ0) is 16.4. The highest BCUT2D eigenvalue weighted by Crippen LogP contribution is 2.18. The largest absolute Gasteiger partial charge is 0.376 e. The molecule has 0 radical (unpaired) electrons. The highest BCUT2D eigenvalue weighted by atomic mass is 19.1. The van der Waals surface area contributed by atoms with Gasteiger partial charge in [-0.2, -0.15) is 0 Å². The van der Waals surface area contributed by atoms with Crippen molar-refractivity contribution in [3.8, 4) is 0 Å². The van der Waals surface area contributed by atoms with Crippen LogP contribution in [-0.4, -0.2) is 16.6 Å². The van der Waals surface area contributed by atoms with Gasteiger partial charge in [0, 0.05) is 24.1 Å². The van der Waals surface area contributed by atoms with Crippen LogP contribution >= 0.6 is 0 Å². The molecule has 2 N–H and O–H groups in total. The molecule has 0 spiro atoms. The first-order valence-electron chi connectivity index (χ1n) is 7.41. The molecule has 0 saturated carbocycles.